The van der Waals surface area contributed by atoms with Crippen molar-refractivity contribution in [3.63, 3.8) is 0 Å². The zero-order chi connectivity index (χ0) is 27.9. The van der Waals surface area contributed by atoms with Crippen LogP contribution in [0, 0.1) is 13.8 Å². The van der Waals surface area contributed by atoms with Crippen LogP contribution >= 0.6 is 0 Å². The maximum absolute atomic E-state index is 6.55. The number of fused-ring (bicyclic) bond motifs is 8. The van der Waals surface area contributed by atoms with E-state index in [0.29, 0.717) is 7.25 Å². The summed E-state index contributed by atoms with van der Waals surface area (Å²) < 4.78 is 14.4. The molecular weight excluding hydrogens is 663 g/mol. The summed E-state index contributed by atoms with van der Waals surface area (Å²) in [5.74, 6) is 0. The van der Waals surface area contributed by atoms with E-state index < -0.39 is 47.9 Å². The Morgan fingerprint density at radius 1 is 0.650 bits per heavy atom. The van der Waals surface area contributed by atoms with Crippen molar-refractivity contribution in [3.05, 3.63) is 79.9 Å². The van der Waals surface area contributed by atoms with Crippen LogP contribution in [0.5, 0.6) is 0 Å². The Morgan fingerprint density at radius 2 is 1.00 bits per heavy atom. The molecule has 8 heteroatoms. The van der Waals surface area contributed by atoms with Crippen LogP contribution < -0.4 is 24.8 Å². The van der Waals surface area contributed by atoms with Crippen molar-refractivity contribution in [1.82, 2.24) is 0 Å². The number of allylic oxidation sites excluding steroid dienone is 2. The van der Waals surface area contributed by atoms with Gasteiger partial charge in [-0.3, -0.25) is 0 Å². The predicted molar refractivity (Wildman–Crippen MR) is 167 cm³/mol. The van der Waals surface area contributed by atoms with Gasteiger partial charge in [0, 0.05) is 0 Å². The Bertz CT molecular complexity index is 1300. The Hall–Kier alpha value is -0.0462. The van der Waals surface area contributed by atoms with Crippen LogP contribution in [-0.4, -0.2) is 24.7 Å². The SMILES string of the molecule is CC1=C2c3c(CO[Si](C)(C)C)ccc(C)c3[CH]1[Zr+2][CH]1C(C)=C(c3c(CO[Si](C)(C)C)ccc(C)c31)[Si]2(C)C.[Cl-].[Cl-]. The summed E-state index contributed by atoms with van der Waals surface area (Å²) in [6.45, 7) is 30.4. The van der Waals surface area contributed by atoms with Gasteiger partial charge in [-0.1, -0.05) is 0 Å². The fourth-order valence-electron chi connectivity index (χ4n) is 7.14. The maximum Gasteiger partial charge on any atom is -1.00 e. The molecule has 0 spiro atoms. The molecule has 1 heterocycles. The van der Waals surface area contributed by atoms with Gasteiger partial charge in [0.1, 0.15) is 0 Å². The van der Waals surface area contributed by atoms with Gasteiger partial charge in [-0.25, -0.2) is 0 Å². The summed E-state index contributed by atoms with van der Waals surface area (Å²) in [5.41, 5.74) is 15.9. The third-order valence-electron chi connectivity index (χ3n) is 8.74. The van der Waals surface area contributed by atoms with E-state index >= 15 is 0 Å². The van der Waals surface area contributed by atoms with E-state index in [0.717, 1.165) is 13.2 Å². The third-order valence-corrected chi connectivity index (χ3v) is 19.7. The second kappa shape index (κ2) is 11.8. The first-order chi connectivity index (χ1) is 17.5. The molecule has 2 nitrogen and oxygen atoms in total. The summed E-state index contributed by atoms with van der Waals surface area (Å²) >= 11 is -0.891. The molecule has 2 aromatic rings. The largest absolute Gasteiger partial charge is 1.00 e. The van der Waals surface area contributed by atoms with Crippen LogP contribution in [0.3, 0.4) is 0 Å². The molecule has 40 heavy (non-hydrogen) atoms. The quantitative estimate of drug-likeness (QED) is 0.430. The average Bonchev–Trinajstić information content (AvgIpc) is 3.27. The minimum Gasteiger partial charge on any atom is -1.00 e. The Labute approximate surface area is 270 Å². The molecule has 0 fully saturated rings. The number of hydrogen-bond donors (Lipinski definition) is 0. The first-order valence-electron chi connectivity index (χ1n) is 14.2. The van der Waals surface area contributed by atoms with E-state index in [1.807, 2.05) is 0 Å². The van der Waals surface area contributed by atoms with Crippen LogP contribution in [0.4, 0.5) is 0 Å². The molecule has 2 aliphatic carbocycles. The molecule has 3 aliphatic rings. The van der Waals surface area contributed by atoms with E-state index in [1.54, 1.807) is 43.8 Å². The molecule has 0 saturated heterocycles. The molecule has 0 saturated carbocycles. The Balaban J connectivity index is 0.00000220. The zero-order valence-corrected chi connectivity index (χ0v) is 33.4. The number of hydrogen-bond acceptors (Lipinski definition) is 2. The van der Waals surface area contributed by atoms with Gasteiger partial charge < -0.3 is 24.8 Å². The number of aryl methyl sites for hydroxylation is 2. The van der Waals surface area contributed by atoms with Gasteiger partial charge in [0.05, 0.1) is 0 Å². The molecule has 4 bridgehead atoms. The standard InChI is InChI=1S/C32H46O2Si3.2ClH.Zr/c1-21-13-15-25(19-33-35(5,6)7)29-27(21)17-23(3)31(29)37(11,12)32-24(4)18-28-22(2)14-16-26(30(28)32)20-34-36(8,9)10;;;/h13-18H,19-20H2,1-12H3;2*1H;/q;;;+2/p-2. The van der Waals surface area contributed by atoms with Gasteiger partial charge in [-0.05, 0) is 0 Å². The van der Waals surface area contributed by atoms with Crippen molar-refractivity contribution in [1.29, 1.82) is 0 Å². The van der Waals surface area contributed by atoms with Crippen molar-refractivity contribution in [2.45, 2.75) is 101 Å². The molecular formula is C32H46Cl2O2Si3Zr. The third kappa shape index (κ3) is 5.87. The summed E-state index contributed by atoms with van der Waals surface area (Å²) in [6, 6.07) is 9.57. The number of halogens is 2. The smallest absolute Gasteiger partial charge is 1.00 e. The van der Waals surface area contributed by atoms with Gasteiger partial charge in [0.15, 0.2) is 0 Å². The fraction of sp³-hybridized carbons (Fsp3) is 0.500. The van der Waals surface area contributed by atoms with Crippen molar-refractivity contribution < 1.29 is 56.9 Å². The molecule has 1 aliphatic heterocycles. The number of rotatable bonds is 6. The first kappa shape index (κ1) is 34.4. The molecule has 0 amide bonds. The summed E-state index contributed by atoms with van der Waals surface area (Å²) in [5, 5.41) is 3.46. The van der Waals surface area contributed by atoms with Gasteiger partial charge in [-0.2, -0.15) is 0 Å². The van der Waals surface area contributed by atoms with Crippen LogP contribution in [0.15, 0.2) is 35.4 Å². The molecule has 0 radical (unpaired) electrons. The molecule has 2 unspecified atom stereocenters. The minimum atomic E-state index is -2.04. The van der Waals surface area contributed by atoms with Gasteiger partial charge in [0.2, 0.25) is 0 Å². The molecule has 2 atom stereocenters. The first-order valence-corrected chi connectivity index (χ1v) is 26.9. The second-order valence-electron chi connectivity index (χ2n) is 14.2. The minimum absolute atomic E-state index is 0. The van der Waals surface area contributed by atoms with Crippen molar-refractivity contribution in [2.75, 3.05) is 0 Å². The van der Waals surface area contributed by atoms with Crippen LogP contribution in [-0.2, 0) is 45.3 Å². The Kier molecular flexibility index (Phi) is 10.2. The fourth-order valence-corrected chi connectivity index (χ4v) is 18.8. The number of benzene rings is 2. The molecule has 216 valence electrons. The zero-order valence-electron chi connectivity index (χ0n) is 26.5. The van der Waals surface area contributed by atoms with E-state index in [1.165, 1.54) is 22.3 Å². The summed E-state index contributed by atoms with van der Waals surface area (Å²) in [4.78, 5) is 0. The molecule has 0 aromatic heterocycles. The molecule has 5 rings (SSSR count). The predicted octanol–water partition coefficient (Wildman–Crippen LogP) is 3.25. The van der Waals surface area contributed by atoms with Gasteiger partial charge in [-0.15, -0.1) is 0 Å². The Morgan fingerprint density at radius 3 is 1.32 bits per heavy atom. The topological polar surface area (TPSA) is 18.5 Å². The molecule has 2 aromatic carbocycles. The van der Waals surface area contributed by atoms with Crippen molar-refractivity contribution in [2.24, 2.45) is 0 Å². The van der Waals surface area contributed by atoms with Crippen molar-refractivity contribution in [3.8, 4) is 0 Å². The van der Waals surface area contributed by atoms with E-state index in [4.69, 9.17) is 8.85 Å². The normalized spacial score (nSPS) is 20.5. The second-order valence-corrected chi connectivity index (χ2v) is 31.2. The van der Waals surface area contributed by atoms with Crippen molar-refractivity contribution >= 4 is 35.1 Å². The summed E-state index contributed by atoms with van der Waals surface area (Å²) in [6.07, 6.45) is 0. The van der Waals surface area contributed by atoms with E-state index in [9.17, 15) is 0 Å². The summed E-state index contributed by atoms with van der Waals surface area (Å²) in [7, 11) is -5.27. The van der Waals surface area contributed by atoms with Gasteiger partial charge in [0.25, 0.3) is 0 Å². The van der Waals surface area contributed by atoms with E-state index in [2.05, 4.69) is 104 Å². The maximum atomic E-state index is 6.55. The average molecular weight is 709 g/mol. The van der Waals surface area contributed by atoms with Crippen LogP contribution in [0.25, 0.3) is 10.4 Å². The van der Waals surface area contributed by atoms with Crippen LogP contribution in [0.2, 0.25) is 52.4 Å². The van der Waals surface area contributed by atoms with E-state index in [-0.39, 0.29) is 24.8 Å². The van der Waals surface area contributed by atoms with Crippen LogP contribution in [0.1, 0.15) is 65.6 Å². The monoisotopic (exact) mass is 706 g/mol. The molecule has 0 N–H and O–H groups in total. The van der Waals surface area contributed by atoms with Gasteiger partial charge >= 0.3 is 248 Å².